The molecule has 0 spiro atoms. The number of amides is 1. The fourth-order valence-corrected chi connectivity index (χ4v) is 2.68. The van der Waals surface area contributed by atoms with Gasteiger partial charge in [0, 0.05) is 12.6 Å². The van der Waals surface area contributed by atoms with Crippen LogP contribution in [0.15, 0.2) is 0 Å². The van der Waals surface area contributed by atoms with Gasteiger partial charge in [-0.1, -0.05) is 0 Å². The third-order valence-electron chi connectivity index (χ3n) is 4.46. The molecule has 2 unspecified atom stereocenters. The molecule has 1 aliphatic heterocycles. The van der Waals surface area contributed by atoms with Gasteiger partial charge in [-0.2, -0.15) is 0 Å². The number of nitrogens with one attached hydrogen (secondary N) is 1. The van der Waals surface area contributed by atoms with Crippen molar-refractivity contribution in [2.45, 2.75) is 44.2 Å². The summed E-state index contributed by atoms with van der Waals surface area (Å²) in [6.07, 6.45) is 4.35. The number of carbonyl (C=O) groups is 1. The van der Waals surface area contributed by atoms with E-state index in [1.54, 1.807) is 7.05 Å². The normalized spacial score (nSPS) is 24.4. The smallest absolute Gasteiger partial charge is 0.237 e. The maximum atomic E-state index is 11.4. The number of primary amides is 1. The van der Waals surface area contributed by atoms with Crippen molar-refractivity contribution in [3.63, 3.8) is 0 Å². The summed E-state index contributed by atoms with van der Waals surface area (Å²) in [5.74, 6) is -0.264. The van der Waals surface area contributed by atoms with Crippen LogP contribution in [0.3, 0.4) is 0 Å². The summed E-state index contributed by atoms with van der Waals surface area (Å²) in [5.41, 5.74) is 4.87. The Hall–Kier alpha value is -0.650. The van der Waals surface area contributed by atoms with E-state index in [0.29, 0.717) is 6.04 Å². The zero-order valence-corrected chi connectivity index (χ0v) is 12.9. The number of hydrogen-bond acceptors (Lipinski definition) is 4. The summed E-state index contributed by atoms with van der Waals surface area (Å²) in [6, 6.07) is 0.667. The number of likely N-dealkylation sites (tertiary alicyclic amines) is 1. The molecule has 1 fully saturated rings. The van der Waals surface area contributed by atoms with Crippen molar-refractivity contribution in [2.75, 3.05) is 40.8 Å². The average molecular weight is 270 g/mol. The van der Waals surface area contributed by atoms with Gasteiger partial charge in [0.1, 0.15) is 0 Å². The zero-order chi connectivity index (χ0) is 14.5. The van der Waals surface area contributed by atoms with Crippen molar-refractivity contribution < 1.29 is 4.79 Å². The standard InChI is InChI=1S/C14H30N4O/c1-14(16-2,13(15)19)8-6-10-18-9-5-7-12(11-18)17(3)4/h12,16H,5-11H2,1-4H3,(H2,15,19). The molecule has 1 saturated heterocycles. The van der Waals surface area contributed by atoms with Crippen molar-refractivity contribution in [3.8, 4) is 0 Å². The minimum atomic E-state index is -0.573. The molecule has 112 valence electrons. The SMILES string of the molecule is CNC(C)(CCCN1CCCC(N(C)C)C1)C(N)=O. The van der Waals surface area contributed by atoms with Crippen LogP contribution >= 0.6 is 0 Å². The van der Waals surface area contributed by atoms with E-state index in [0.717, 1.165) is 25.9 Å². The minimum absolute atomic E-state index is 0.264. The highest BCUT2D eigenvalue weighted by Gasteiger charge is 2.29. The van der Waals surface area contributed by atoms with E-state index >= 15 is 0 Å². The molecule has 0 saturated carbocycles. The summed E-state index contributed by atoms with van der Waals surface area (Å²) in [6.45, 7) is 5.25. The molecular weight excluding hydrogens is 240 g/mol. The molecule has 5 nitrogen and oxygen atoms in total. The van der Waals surface area contributed by atoms with Gasteiger partial charge in [-0.25, -0.2) is 0 Å². The second-order valence-electron chi connectivity index (χ2n) is 6.11. The maximum absolute atomic E-state index is 11.4. The van der Waals surface area contributed by atoms with Crippen molar-refractivity contribution in [3.05, 3.63) is 0 Å². The van der Waals surface area contributed by atoms with Gasteiger partial charge in [0.2, 0.25) is 5.91 Å². The van der Waals surface area contributed by atoms with Crippen LogP contribution in [0, 0.1) is 0 Å². The number of rotatable bonds is 7. The molecule has 0 bridgehead atoms. The van der Waals surface area contributed by atoms with E-state index in [4.69, 9.17) is 5.73 Å². The van der Waals surface area contributed by atoms with Crippen LogP contribution in [0.4, 0.5) is 0 Å². The van der Waals surface area contributed by atoms with Gasteiger partial charge in [-0.05, 0) is 66.8 Å². The summed E-state index contributed by atoms with van der Waals surface area (Å²) in [4.78, 5) is 16.2. The predicted molar refractivity (Wildman–Crippen MR) is 79.0 cm³/mol. The molecule has 5 heteroatoms. The van der Waals surface area contributed by atoms with E-state index in [-0.39, 0.29) is 5.91 Å². The topological polar surface area (TPSA) is 61.6 Å². The summed E-state index contributed by atoms with van der Waals surface area (Å²) in [5, 5.41) is 3.04. The molecule has 1 amide bonds. The van der Waals surface area contributed by atoms with Crippen molar-refractivity contribution in [1.29, 1.82) is 0 Å². The molecule has 1 heterocycles. The van der Waals surface area contributed by atoms with Crippen LogP contribution in [0.2, 0.25) is 0 Å². The van der Waals surface area contributed by atoms with Crippen LogP contribution in [0.25, 0.3) is 0 Å². The molecule has 3 N–H and O–H groups in total. The van der Waals surface area contributed by atoms with Gasteiger partial charge in [0.25, 0.3) is 0 Å². The third kappa shape index (κ3) is 4.75. The molecule has 1 rings (SSSR count). The molecule has 0 radical (unpaired) electrons. The molecule has 0 aliphatic carbocycles. The quantitative estimate of drug-likeness (QED) is 0.696. The highest BCUT2D eigenvalue weighted by atomic mass is 16.1. The Morgan fingerprint density at radius 3 is 2.74 bits per heavy atom. The van der Waals surface area contributed by atoms with Crippen LogP contribution in [0.1, 0.15) is 32.6 Å². The largest absolute Gasteiger partial charge is 0.368 e. The summed E-state index contributed by atoms with van der Waals surface area (Å²) < 4.78 is 0. The zero-order valence-electron chi connectivity index (χ0n) is 12.9. The first-order chi connectivity index (χ1) is 8.89. The van der Waals surface area contributed by atoms with Crippen LogP contribution in [-0.2, 0) is 4.79 Å². The fraction of sp³-hybridized carbons (Fsp3) is 0.929. The van der Waals surface area contributed by atoms with E-state index in [2.05, 4.69) is 29.2 Å². The molecule has 0 aromatic rings. The number of carbonyl (C=O) groups excluding carboxylic acids is 1. The average Bonchev–Trinajstić information content (AvgIpc) is 2.38. The first-order valence-electron chi connectivity index (χ1n) is 7.26. The van der Waals surface area contributed by atoms with Crippen molar-refractivity contribution in [2.24, 2.45) is 5.73 Å². The second kappa shape index (κ2) is 7.22. The summed E-state index contributed by atoms with van der Waals surface area (Å²) >= 11 is 0. The summed E-state index contributed by atoms with van der Waals surface area (Å²) in [7, 11) is 6.10. The fourth-order valence-electron chi connectivity index (χ4n) is 2.68. The maximum Gasteiger partial charge on any atom is 0.237 e. The van der Waals surface area contributed by atoms with Gasteiger partial charge in [-0.15, -0.1) is 0 Å². The second-order valence-corrected chi connectivity index (χ2v) is 6.11. The van der Waals surface area contributed by atoms with E-state index in [1.807, 2.05) is 6.92 Å². The van der Waals surface area contributed by atoms with Crippen LogP contribution in [0.5, 0.6) is 0 Å². The number of likely N-dealkylation sites (N-methyl/N-ethyl adjacent to an activating group) is 2. The Labute approximate surface area is 117 Å². The van der Waals surface area contributed by atoms with Crippen LogP contribution < -0.4 is 11.1 Å². The van der Waals surface area contributed by atoms with Gasteiger partial charge >= 0.3 is 0 Å². The number of nitrogens with two attached hydrogens (primary N) is 1. The Morgan fingerprint density at radius 2 is 2.21 bits per heavy atom. The number of hydrogen-bond donors (Lipinski definition) is 2. The van der Waals surface area contributed by atoms with Crippen LogP contribution in [-0.4, -0.2) is 68.1 Å². The highest BCUT2D eigenvalue weighted by Crippen LogP contribution is 2.16. The monoisotopic (exact) mass is 270 g/mol. The Bertz CT molecular complexity index is 295. The lowest BCUT2D eigenvalue weighted by Gasteiger charge is -2.36. The molecule has 0 aromatic heterocycles. The minimum Gasteiger partial charge on any atom is -0.368 e. The molecule has 0 aromatic carbocycles. The highest BCUT2D eigenvalue weighted by molar-refractivity contribution is 5.84. The first-order valence-corrected chi connectivity index (χ1v) is 7.26. The van der Waals surface area contributed by atoms with Gasteiger partial charge in [0.05, 0.1) is 5.54 Å². The lowest BCUT2D eigenvalue weighted by Crippen LogP contribution is -2.52. The molecule has 1 aliphatic rings. The van der Waals surface area contributed by atoms with Crippen molar-refractivity contribution in [1.82, 2.24) is 15.1 Å². The first kappa shape index (κ1) is 16.4. The lowest BCUT2D eigenvalue weighted by molar-refractivity contribution is -0.123. The molecule has 2 atom stereocenters. The van der Waals surface area contributed by atoms with Gasteiger partial charge in [0.15, 0.2) is 0 Å². The van der Waals surface area contributed by atoms with Gasteiger partial charge in [-0.3, -0.25) is 4.79 Å². The van der Waals surface area contributed by atoms with E-state index in [9.17, 15) is 4.79 Å². The molecule has 19 heavy (non-hydrogen) atoms. The van der Waals surface area contributed by atoms with Gasteiger partial charge < -0.3 is 20.9 Å². The van der Waals surface area contributed by atoms with E-state index < -0.39 is 5.54 Å². The van der Waals surface area contributed by atoms with Crippen molar-refractivity contribution >= 4 is 5.91 Å². The number of piperidine rings is 1. The number of nitrogens with zero attached hydrogens (tertiary/aromatic N) is 2. The Morgan fingerprint density at radius 1 is 1.53 bits per heavy atom. The van der Waals surface area contributed by atoms with E-state index in [1.165, 1.54) is 19.4 Å². The Balaban J connectivity index is 2.34. The predicted octanol–water partition coefficient (Wildman–Crippen LogP) is 0.256. The lowest BCUT2D eigenvalue weighted by atomic mass is 9.94. The Kier molecular flexibility index (Phi) is 6.23. The third-order valence-corrected chi connectivity index (χ3v) is 4.46. The molecular formula is C14H30N4O.